The van der Waals surface area contributed by atoms with Crippen molar-refractivity contribution in [1.82, 2.24) is 10.6 Å². The van der Waals surface area contributed by atoms with E-state index in [1.54, 1.807) is 12.1 Å². The maximum atomic E-state index is 12.8. The molecule has 0 aliphatic carbocycles. The predicted molar refractivity (Wildman–Crippen MR) is 76.4 cm³/mol. The van der Waals surface area contributed by atoms with Crippen molar-refractivity contribution >= 4 is 28.9 Å². The van der Waals surface area contributed by atoms with Gasteiger partial charge in [-0.1, -0.05) is 0 Å². The van der Waals surface area contributed by atoms with E-state index in [0.717, 1.165) is 25.8 Å². The van der Waals surface area contributed by atoms with Crippen LogP contribution in [0, 0.1) is 5.82 Å². The van der Waals surface area contributed by atoms with Gasteiger partial charge in [0.15, 0.2) is 5.11 Å². The topological polar surface area (TPSA) is 53.2 Å². The van der Waals surface area contributed by atoms with E-state index in [4.69, 9.17) is 12.2 Å². The summed E-state index contributed by atoms with van der Waals surface area (Å²) in [6.45, 7) is 0.717. The van der Waals surface area contributed by atoms with Crippen LogP contribution in [-0.4, -0.2) is 23.6 Å². The Kier molecular flexibility index (Phi) is 4.68. The second kappa shape index (κ2) is 6.47. The van der Waals surface area contributed by atoms with Crippen LogP contribution in [0.15, 0.2) is 24.3 Å². The molecule has 0 spiro atoms. The molecule has 1 saturated heterocycles. The van der Waals surface area contributed by atoms with Crippen molar-refractivity contribution in [2.75, 3.05) is 11.9 Å². The number of thiocarbonyl (C=S) groups is 1. The fraction of sp³-hybridized carbons (Fsp3) is 0.385. The fourth-order valence-corrected chi connectivity index (χ4v) is 2.20. The molecule has 1 aliphatic heterocycles. The number of nitrogens with one attached hydrogen (secondary N) is 3. The lowest BCUT2D eigenvalue weighted by molar-refractivity contribution is -0.122. The number of benzene rings is 1. The highest BCUT2D eigenvalue weighted by Gasteiger charge is 2.20. The van der Waals surface area contributed by atoms with Gasteiger partial charge < -0.3 is 16.0 Å². The highest BCUT2D eigenvalue weighted by Crippen LogP contribution is 2.09. The Hall–Kier alpha value is -1.69. The molecule has 2 rings (SSSR count). The van der Waals surface area contributed by atoms with Gasteiger partial charge in [-0.2, -0.15) is 0 Å². The zero-order valence-electron chi connectivity index (χ0n) is 10.4. The minimum Gasteiger partial charge on any atom is -0.354 e. The van der Waals surface area contributed by atoms with Crippen molar-refractivity contribution < 1.29 is 9.18 Å². The van der Waals surface area contributed by atoms with E-state index in [1.165, 1.54) is 12.1 Å². The Morgan fingerprint density at radius 1 is 1.32 bits per heavy atom. The van der Waals surface area contributed by atoms with Crippen molar-refractivity contribution in [2.45, 2.75) is 25.3 Å². The Bertz CT molecular complexity index is 463. The maximum Gasteiger partial charge on any atom is 0.242 e. The van der Waals surface area contributed by atoms with E-state index in [0.29, 0.717) is 10.8 Å². The van der Waals surface area contributed by atoms with E-state index in [-0.39, 0.29) is 17.8 Å². The number of carbonyl (C=O) groups is 1. The van der Waals surface area contributed by atoms with Crippen LogP contribution in [0.1, 0.15) is 19.3 Å². The van der Waals surface area contributed by atoms with Gasteiger partial charge in [-0.3, -0.25) is 4.79 Å². The van der Waals surface area contributed by atoms with E-state index >= 15 is 0 Å². The largest absolute Gasteiger partial charge is 0.354 e. The Morgan fingerprint density at radius 2 is 2.05 bits per heavy atom. The minimum atomic E-state index is -0.303. The lowest BCUT2D eigenvalue weighted by atomic mass is 10.1. The first kappa shape index (κ1) is 13.7. The van der Waals surface area contributed by atoms with Gasteiger partial charge >= 0.3 is 0 Å². The van der Waals surface area contributed by atoms with Crippen LogP contribution >= 0.6 is 12.2 Å². The van der Waals surface area contributed by atoms with Crippen LogP contribution < -0.4 is 16.0 Å². The first-order valence-corrected chi connectivity index (χ1v) is 6.67. The molecule has 1 atom stereocenters. The molecule has 4 nitrogen and oxygen atoms in total. The van der Waals surface area contributed by atoms with Gasteiger partial charge in [-0.25, -0.2) is 4.39 Å². The number of halogens is 1. The molecule has 1 amide bonds. The summed E-state index contributed by atoms with van der Waals surface area (Å²) in [6, 6.07) is 5.59. The molecule has 1 aromatic rings. The molecule has 19 heavy (non-hydrogen) atoms. The van der Waals surface area contributed by atoms with Gasteiger partial charge in [0.2, 0.25) is 5.91 Å². The molecule has 1 fully saturated rings. The third-order valence-corrected chi connectivity index (χ3v) is 3.16. The summed E-state index contributed by atoms with van der Waals surface area (Å²) >= 11 is 5.15. The monoisotopic (exact) mass is 281 g/mol. The second-order valence-corrected chi connectivity index (χ2v) is 4.85. The predicted octanol–water partition coefficient (Wildman–Crippen LogP) is 1.78. The summed E-state index contributed by atoms with van der Waals surface area (Å²) in [5.41, 5.74) is 0.688. The smallest absolute Gasteiger partial charge is 0.242 e. The Balaban J connectivity index is 1.89. The molecule has 6 heteroatoms. The lowest BCUT2D eigenvalue weighted by Crippen LogP contribution is -2.46. The minimum absolute atomic E-state index is 0.0271. The molecule has 1 heterocycles. The molecule has 0 saturated carbocycles. The Morgan fingerprint density at radius 3 is 2.79 bits per heavy atom. The first-order valence-electron chi connectivity index (χ1n) is 6.26. The first-order chi connectivity index (χ1) is 9.15. The Labute approximate surface area is 116 Å². The van der Waals surface area contributed by atoms with Crippen molar-refractivity contribution in [1.29, 1.82) is 0 Å². The van der Waals surface area contributed by atoms with Gasteiger partial charge in [0.1, 0.15) is 11.9 Å². The number of rotatable bonds is 2. The van der Waals surface area contributed by atoms with Gasteiger partial charge in [-0.15, -0.1) is 0 Å². The molecule has 102 valence electrons. The average Bonchev–Trinajstić information content (AvgIpc) is 2.58. The zero-order valence-corrected chi connectivity index (χ0v) is 11.2. The van der Waals surface area contributed by atoms with Crippen molar-refractivity contribution in [2.24, 2.45) is 0 Å². The fourth-order valence-electron chi connectivity index (χ4n) is 1.94. The summed E-state index contributed by atoms with van der Waals surface area (Å²) in [6.07, 6.45) is 2.73. The van der Waals surface area contributed by atoms with Gasteiger partial charge in [0.05, 0.1) is 0 Å². The number of amides is 1. The molecule has 0 aromatic heterocycles. The summed E-state index contributed by atoms with van der Waals surface area (Å²) < 4.78 is 12.8. The average molecular weight is 281 g/mol. The van der Waals surface area contributed by atoms with E-state index in [9.17, 15) is 9.18 Å². The van der Waals surface area contributed by atoms with E-state index < -0.39 is 0 Å². The molecular formula is C13H16FN3OS. The third kappa shape index (κ3) is 4.17. The molecule has 0 bridgehead atoms. The van der Waals surface area contributed by atoms with Crippen LogP contribution in [0.3, 0.4) is 0 Å². The molecular weight excluding hydrogens is 265 g/mol. The number of hydrogen-bond donors (Lipinski definition) is 3. The van der Waals surface area contributed by atoms with Crippen molar-refractivity contribution in [3.05, 3.63) is 30.1 Å². The summed E-state index contributed by atoms with van der Waals surface area (Å²) in [4.78, 5) is 11.7. The summed E-state index contributed by atoms with van der Waals surface area (Å²) in [5.74, 6) is -0.326. The van der Waals surface area contributed by atoms with Gasteiger partial charge in [0, 0.05) is 12.2 Å². The maximum absolute atomic E-state index is 12.8. The summed E-state index contributed by atoms with van der Waals surface area (Å²) in [7, 11) is 0. The molecule has 0 radical (unpaired) electrons. The molecule has 1 aromatic carbocycles. The zero-order chi connectivity index (χ0) is 13.7. The third-order valence-electron chi connectivity index (χ3n) is 2.94. The quantitative estimate of drug-likeness (QED) is 0.723. The standard InChI is InChI=1S/C13H16FN3OS/c14-9-4-6-10(7-5-9)16-13(19)17-11-3-1-2-8-15-12(11)18/h4-7,11H,1-3,8H2,(H,15,18)(H2,16,17,19)/t11-/m0/s1. The second-order valence-electron chi connectivity index (χ2n) is 4.44. The molecule has 3 N–H and O–H groups in total. The molecule has 0 unspecified atom stereocenters. The van der Waals surface area contributed by atoms with Crippen LogP contribution in [-0.2, 0) is 4.79 Å². The number of hydrogen-bond acceptors (Lipinski definition) is 2. The van der Waals surface area contributed by atoms with Crippen LogP contribution in [0.5, 0.6) is 0 Å². The van der Waals surface area contributed by atoms with Crippen molar-refractivity contribution in [3.8, 4) is 0 Å². The van der Waals surface area contributed by atoms with Crippen molar-refractivity contribution in [3.63, 3.8) is 0 Å². The highest BCUT2D eigenvalue weighted by molar-refractivity contribution is 7.80. The lowest BCUT2D eigenvalue weighted by Gasteiger charge is -2.18. The van der Waals surface area contributed by atoms with Gasteiger partial charge in [-0.05, 0) is 55.7 Å². The van der Waals surface area contributed by atoms with E-state index in [1.807, 2.05) is 0 Å². The normalized spacial score (nSPS) is 19.2. The number of carbonyl (C=O) groups excluding carboxylic acids is 1. The van der Waals surface area contributed by atoms with E-state index in [2.05, 4.69) is 16.0 Å². The van der Waals surface area contributed by atoms with Gasteiger partial charge in [0.25, 0.3) is 0 Å². The van der Waals surface area contributed by atoms with Crippen LogP contribution in [0.4, 0.5) is 10.1 Å². The van der Waals surface area contributed by atoms with Crippen LogP contribution in [0.25, 0.3) is 0 Å². The highest BCUT2D eigenvalue weighted by atomic mass is 32.1. The molecule has 1 aliphatic rings. The van der Waals surface area contributed by atoms with Crippen LogP contribution in [0.2, 0.25) is 0 Å². The number of anilines is 1. The summed E-state index contributed by atoms with van der Waals surface area (Å²) in [5, 5.41) is 9.12. The SMILES string of the molecule is O=C1NCCCC[C@@H]1NC(=S)Nc1ccc(F)cc1.